The maximum Gasteiger partial charge on any atom is 0.323 e. The minimum absolute atomic E-state index is 0.341. The van der Waals surface area contributed by atoms with Gasteiger partial charge >= 0.3 is 5.97 Å². The predicted molar refractivity (Wildman–Crippen MR) is 56.7 cm³/mol. The normalized spacial score (nSPS) is 22.3. The average molecular weight is 217 g/mol. The van der Waals surface area contributed by atoms with Crippen molar-refractivity contribution in [1.29, 1.82) is 0 Å². The van der Waals surface area contributed by atoms with E-state index >= 15 is 0 Å². The fraction of sp³-hybridized carbons (Fsp3) is 0.909. The minimum atomic E-state index is -1.23. The summed E-state index contributed by atoms with van der Waals surface area (Å²) in [5, 5.41) is 9.04. The summed E-state index contributed by atoms with van der Waals surface area (Å²) in [7, 11) is 0. The van der Waals surface area contributed by atoms with Gasteiger partial charge in [0, 0.05) is 0 Å². The predicted octanol–water partition coefficient (Wildman–Crippen LogP) is 2.06. The van der Waals surface area contributed by atoms with E-state index in [0.717, 1.165) is 32.4 Å². The maximum absolute atomic E-state index is 13.7. The lowest BCUT2D eigenvalue weighted by atomic mass is 10.0. The lowest BCUT2D eigenvalue weighted by Crippen LogP contribution is -2.49. The Morgan fingerprint density at radius 1 is 1.40 bits per heavy atom. The molecule has 0 radical (unpaired) electrons. The number of alkyl halides is 1. The van der Waals surface area contributed by atoms with E-state index in [1.807, 2.05) is 6.92 Å². The van der Waals surface area contributed by atoms with Crippen LogP contribution in [-0.2, 0) is 4.79 Å². The molecule has 1 aliphatic rings. The number of carboxylic acids is 1. The second-order valence-electron chi connectivity index (χ2n) is 4.18. The van der Waals surface area contributed by atoms with Crippen molar-refractivity contribution in [2.45, 2.75) is 51.2 Å². The molecule has 2 unspecified atom stereocenters. The minimum Gasteiger partial charge on any atom is -0.480 e. The summed E-state index contributed by atoms with van der Waals surface area (Å²) in [5.74, 6) is -1.02. The van der Waals surface area contributed by atoms with Gasteiger partial charge in [-0.05, 0) is 32.4 Å². The number of carboxylic acid groups (broad SMARTS) is 1. The molecule has 1 fully saturated rings. The number of rotatable bonds is 5. The number of nitrogens with zero attached hydrogens (tertiary/aromatic N) is 1. The van der Waals surface area contributed by atoms with Crippen molar-refractivity contribution in [3.8, 4) is 0 Å². The number of carbonyl (C=O) groups is 1. The molecule has 0 aliphatic carbocycles. The third-order valence-corrected chi connectivity index (χ3v) is 2.94. The van der Waals surface area contributed by atoms with E-state index in [1.54, 1.807) is 4.90 Å². The molecular weight excluding hydrogens is 197 g/mol. The number of halogens is 1. The topological polar surface area (TPSA) is 40.5 Å². The highest BCUT2D eigenvalue weighted by molar-refractivity contribution is 5.74. The number of hydrogen-bond acceptors (Lipinski definition) is 2. The van der Waals surface area contributed by atoms with Gasteiger partial charge in [-0.15, -0.1) is 0 Å². The highest BCUT2D eigenvalue weighted by atomic mass is 19.1. The van der Waals surface area contributed by atoms with E-state index in [0.29, 0.717) is 12.8 Å². The Labute approximate surface area is 90.3 Å². The van der Waals surface area contributed by atoms with E-state index in [4.69, 9.17) is 5.11 Å². The molecule has 4 heteroatoms. The second kappa shape index (κ2) is 6.05. The molecule has 0 amide bonds. The first kappa shape index (κ1) is 12.4. The SMILES string of the molecule is CCCC(F)C(C(=O)O)N1CCCCC1. The van der Waals surface area contributed by atoms with Crippen LogP contribution in [0.3, 0.4) is 0 Å². The number of piperidine rings is 1. The van der Waals surface area contributed by atoms with Crippen LogP contribution in [0.15, 0.2) is 0 Å². The molecule has 0 spiro atoms. The molecule has 1 rings (SSSR count). The highest BCUT2D eigenvalue weighted by Gasteiger charge is 2.33. The van der Waals surface area contributed by atoms with Crippen LogP contribution in [0.4, 0.5) is 4.39 Å². The van der Waals surface area contributed by atoms with Gasteiger partial charge in [-0.3, -0.25) is 9.69 Å². The van der Waals surface area contributed by atoms with Crippen LogP contribution >= 0.6 is 0 Å². The molecule has 1 aliphatic heterocycles. The fourth-order valence-electron chi connectivity index (χ4n) is 2.17. The summed E-state index contributed by atoms with van der Waals surface area (Å²) < 4.78 is 13.7. The zero-order valence-electron chi connectivity index (χ0n) is 9.29. The molecule has 2 atom stereocenters. The largest absolute Gasteiger partial charge is 0.480 e. The van der Waals surface area contributed by atoms with Crippen molar-refractivity contribution in [2.75, 3.05) is 13.1 Å². The molecule has 0 bridgehead atoms. The van der Waals surface area contributed by atoms with Gasteiger partial charge in [0.1, 0.15) is 12.2 Å². The van der Waals surface area contributed by atoms with Crippen LogP contribution in [0.1, 0.15) is 39.0 Å². The molecule has 1 N–H and O–H groups in total. The number of likely N-dealkylation sites (tertiary alicyclic amines) is 1. The standard InChI is InChI=1S/C11H20FNO2/c1-2-6-9(12)10(11(14)15)13-7-4-3-5-8-13/h9-10H,2-8H2,1H3,(H,14,15). The van der Waals surface area contributed by atoms with Crippen molar-refractivity contribution in [1.82, 2.24) is 4.90 Å². The first-order valence-corrected chi connectivity index (χ1v) is 5.77. The quantitative estimate of drug-likeness (QED) is 0.766. The van der Waals surface area contributed by atoms with Gasteiger partial charge < -0.3 is 5.11 Å². The Bertz CT molecular complexity index is 205. The molecule has 0 aromatic rings. The third kappa shape index (κ3) is 3.45. The Morgan fingerprint density at radius 3 is 2.47 bits per heavy atom. The van der Waals surface area contributed by atoms with Gasteiger partial charge in [-0.1, -0.05) is 19.8 Å². The summed E-state index contributed by atoms with van der Waals surface area (Å²) in [6, 6.07) is -0.926. The van der Waals surface area contributed by atoms with E-state index in [2.05, 4.69) is 0 Å². The molecule has 0 aromatic heterocycles. The Balaban J connectivity index is 2.58. The molecule has 1 heterocycles. The zero-order chi connectivity index (χ0) is 11.3. The third-order valence-electron chi connectivity index (χ3n) is 2.94. The van der Waals surface area contributed by atoms with Gasteiger partial charge in [0.15, 0.2) is 0 Å². The van der Waals surface area contributed by atoms with Crippen molar-refractivity contribution in [3.05, 3.63) is 0 Å². The van der Waals surface area contributed by atoms with Gasteiger partial charge in [0.05, 0.1) is 0 Å². The van der Waals surface area contributed by atoms with Crippen LogP contribution in [0.5, 0.6) is 0 Å². The van der Waals surface area contributed by atoms with Crippen molar-refractivity contribution < 1.29 is 14.3 Å². The lowest BCUT2D eigenvalue weighted by molar-refractivity contribution is -0.146. The summed E-state index contributed by atoms with van der Waals surface area (Å²) in [6.45, 7) is 3.32. The fourth-order valence-corrected chi connectivity index (χ4v) is 2.17. The Hall–Kier alpha value is -0.640. The summed E-state index contributed by atoms with van der Waals surface area (Å²) >= 11 is 0. The summed E-state index contributed by atoms with van der Waals surface area (Å²) in [6.07, 6.45) is 2.91. The monoisotopic (exact) mass is 217 g/mol. The average Bonchev–Trinajstić information content (AvgIpc) is 2.19. The number of aliphatic carboxylic acids is 1. The molecule has 3 nitrogen and oxygen atoms in total. The van der Waals surface area contributed by atoms with E-state index < -0.39 is 18.2 Å². The first-order valence-electron chi connectivity index (χ1n) is 5.77. The smallest absolute Gasteiger partial charge is 0.323 e. The lowest BCUT2D eigenvalue weighted by Gasteiger charge is -2.33. The maximum atomic E-state index is 13.7. The molecule has 0 saturated carbocycles. The summed E-state index contributed by atoms with van der Waals surface area (Å²) in [4.78, 5) is 12.8. The van der Waals surface area contributed by atoms with Crippen LogP contribution in [0.2, 0.25) is 0 Å². The van der Waals surface area contributed by atoms with Crippen molar-refractivity contribution in [2.24, 2.45) is 0 Å². The van der Waals surface area contributed by atoms with Gasteiger partial charge in [0.25, 0.3) is 0 Å². The molecule has 88 valence electrons. The number of hydrogen-bond donors (Lipinski definition) is 1. The van der Waals surface area contributed by atoms with Crippen molar-refractivity contribution >= 4 is 5.97 Å². The van der Waals surface area contributed by atoms with Gasteiger partial charge in [0.2, 0.25) is 0 Å². The molecule has 0 aromatic carbocycles. The molecule has 15 heavy (non-hydrogen) atoms. The van der Waals surface area contributed by atoms with Crippen LogP contribution in [0, 0.1) is 0 Å². The Kier molecular flexibility index (Phi) is 5.02. The van der Waals surface area contributed by atoms with E-state index in [1.165, 1.54) is 0 Å². The molecular formula is C11H20FNO2. The van der Waals surface area contributed by atoms with Gasteiger partial charge in [-0.25, -0.2) is 4.39 Å². The van der Waals surface area contributed by atoms with E-state index in [9.17, 15) is 9.18 Å². The van der Waals surface area contributed by atoms with Crippen molar-refractivity contribution in [3.63, 3.8) is 0 Å². The van der Waals surface area contributed by atoms with E-state index in [-0.39, 0.29) is 0 Å². The first-order chi connectivity index (χ1) is 7.16. The zero-order valence-corrected chi connectivity index (χ0v) is 9.29. The highest BCUT2D eigenvalue weighted by Crippen LogP contribution is 2.19. The van der Waals surface area contributed by atoms with Crippen LogP contribution in [0.25, 0.3) is 0 Å². The second-order valence-corrected chi connectivity index (χ2v) is 4.18. The molecule has 1 saturated heterocycles. The van der Waals surface area contributed by atoms with Crippen LogP contribution < -0.4 is 0 Å². The van der Waals surface area contributed by atoms with Crippen LogP contribution in [-0.4, -0.2) is 41.3 Å². The van der Waals surface area contributed by atoms with Gasteiger partial charge in [-0.2, -0.15) is 0 Å². The summed E-state index contributed by atoms with van der Waals surface area (Å²) in [5.41, 5.74) is 0. The Morgan fingerprint density at radius 2 is 2.00 bits per heavy atom.